The molecule has 0 aromatic heterocycles. The van der Waals surface area contributed by atoms with E-state index >= 15 is 0 Å². The Morgan fingerprint density at radius 3 is 2.44 bits per heavy atom. The molecule has 1 heterocycles. The summed E-state index contributed by atoms with van der Waals surface area (Å²) in [7, 11) is 0. The van der Waals surface area contributed by atoms with Crippen molar-refractivity contribution >= 4 is 12.0 Å². The van der Waals surface area contributed by atoms with E-state index in [4.69, 9.17) is 5.11 Å². The number of rotatable bonds is 6. The van der Waals surface area contributed by atoms with Gasteiger partial charge in [0.25, 0.3) is 0 Å². The van der Waals surface area contributed by atoms with Gasteiger partial charge in [0.2, 0.25) is 0 Å². The van der Waals surface area contributed by atoms with Crippen molar-refractivity contribution in [2.75, 3.05) is 19.6 Å². The SMILES string of the molecule is O=C(NC1CC(C(=O)O)C1)NC(CN1CCCCC1)c1ccccc1. The number of likely N-dealkylation sites (tertiary alicyclic amines) is 1. The molecule has 2 aliphatic rings. The Morgan fingerprint density at radius 2 is 1.80 bits per heavy atom. The molecule has 1 aromatic rings. The van der Waals surface area contributed by atoms with Gasteiger partial charge < -0.3 is 20.6 Å². The number of nitrogens with zero attached hydrogens (tertiary/aromatic N) is 1. The molecule has 3 rings (SSSR count). The van der Waals surface area contributed by atoms with Gasteiger partial charge in [-0.1, -0.05) is 36.8 Å². The highest BCUT2D eigenvalue weighted by molar-refractivity contribution is 5.76. The van der Waals surface area contributed by atoms with Crippen LogP contribution < -0.4 is 10.6 Å². The molecule has 2 fully saturated rings. The van der Waals surface area contributed by atoms with Crippen LogP contribution in [0.4, 0.5) is 4.79 Å². The van der Waals surface area contributed by atoms with E-state index in [0.717, 1.165) is 25.2 Å². The van der Waals surface area contributed by atoms with E-state index in [9.17, 15) is 9.59 Å². The third-order valence-corrected chi connectivity index (χ3v) is 5.22. The number of carbonyl (C=O) groups excluding carboxylic acids is 1. The largest absolute Gasteiger partial charge is 0.481 e. The Bertz CT molecular complexity index is 581. The van der Waals surface area contributed by atoms with Crippen molar-refractivity contribution in [3.8, 4) is 0 Å². The number of hydrogen-bond acceptors (Lipinski definition) is 3. The van der Waals surface area contributed by atoms with E-state index in [-0.39, 0.29) is 24.0 Å². The molecule has 1 unspecified atom stereocenters. The molecule has 136 valence electrons. The highest BCUT2D eigenvalue weighted by atomic mass is 16.4. The highest BCUT2D eigenvalue weighted by Crippen LogP contribution is 2.27. The van der Waals surface area contributed by atoms with E-state index in [1.807, 2.05) is 30.3 Å². The first-order valence-corrected chi connectivity index (χ1v) is 9.19. The zero-order valence-electron chi connectivity index (χ0n) is 14.5. The Labute approximate surface area is 148 Å². The second-order valence-corrected chi connectivity index (χ2v) is 7.15. The first-order chi connectivity index (χ1) is 12.1. The van der Waals surface area contributed by atoms with Crippen molar-refractivity contribution in [2.24, 2.45) is 5.92 Å². The number of carboxylic acids is 1. The molecule has 6 heteroatoms. The first-order valence-electron chi connectivity index (χ1n) is 9.19. The fourth-order valence-electron chi connectivity index (χ4n) is 3.64. The smallest absolute Gasteiger partial charge is 0.315 e. The number of amides is 2. The molecule has 1 atom stereocenters. The van der Waals surface area contributed by atoms with Crippen LogP contribution in [0.15, 0.2) is 30.3 Å². The predicted molar refractivity (Wildman–Crippen MR) is 95.3 cm³/mol. The number of hydrogen-bond donors (Lipinski definition) is 3. The minimum atomic E-state index is -0.772. The second kappa shape index (κ2) is 8.34. The van der Waals surface area contributed by atoms with Gasteiger partial charge >= 0.3 is 12.0 Å². The van der Waals surface area contributed by atoms with Crippen LogP contribution in [0.5, 0.6) is 0 Å². The van der Waals surface area contributed by atoms with Gasteiger partial charge in [0.15, 0.2) is 0 Å². The summed E-state index contributed by atoms with van der Waals surface area (Å²) >= 11 is 0. The predicted octanol–water partition coefficient (Wildman–Crippen LogP) is 2.38. The van der Waals surface area contributed by atoms with Crippen LogP contribution >= 0.6 is 0 Å². The molecule has 3 N–H and O–H groups in total. The summed E-state index contributed by atoms with van der Waals surface area (Å²) in [5.41, 5.74) is 1.10. The van der Waals surface area contributed by atoms with Gasteiger partial charge in [-0.2, -0.15) is 0 Å². The fourth-order valence-corrected chi connectivity index (χ4v) is 3.64. The Morgan fingerprint density at radius 1 is 1.12 bits per heavy atom. The van der Waals surface area contributed by atoms with Crippen LogP contribution in [-0.2, 0) is 4.79 Å². The lowest BCUT2D eigenvalue weighted by Crippen LogP contribution is -2.51. The van der Waals surface area contributed by atoms with Crippen molar-refractivity contribution in [3.63, 3.8) is 0 Å². The number of nitrogens with one attached hydrogen (secondary N) is 2. The molecular formula is C19H27N3O3. The van der Waals surface area contributed by atoms with Crippen LogP contribution in [0, 0.1) is 5.92 Å². The molecule has 0 bridgehead atoms. The molecular weight excluding hydrogens is 318 g/mol. The Kier molecular flexibility index (Phi) is 5.91. The Balaban J connectivity index is 1.55. The molecule has 6 nitrogen and oxygen atoms in total. The number of piperidine rings is 1. The van der Waals surface area contributed by atoms with E-state index in [1.165, 1.54) is 19.3 Å². The van der Waals surface area contributed by atoms with Crippen LogP contribution in [0.25, 0.3) is 0 Å². The summed E-state index contributed by atoms with van der Waals surface area (Å²) in [5.74, 6) is -1.09. The molecule has 25 heavy (non-hydrogen) atoms. The number of urea groups is 1. The van der Waals surface area contributed by atoms with E-state index < -0.39 is 5.97 Å². The van der Waals surface area contributed by atoms with Crippen molar-refractivity contribution in [1.29, 1.82) is 0 Å². The minimum Gasteiger partial charge on any atom is -0.481 e. The lowest BCUT2D eigenvalue weighted by Gasteiger charge is -2.34. The van der Waals surface area contributed by atoms with Crippen molar-refractivity contribution < 1.29 is 14.7 Å². The van der Waals surface area contributed by atoms with Crippen molar-refractivity contribution in [3.05, 3.63) is 35.9 Å². The van der Waals surface area contributed by atoms with Gasteiger partial charge in [0, 0.05) is 12.6 Å². The molecule has 1 saturated carbocycles. The fraction of sp³-hybridized carbons (Fsp3) is 0.579. The first kappa shape index (κ1) is 17.7. The van der Waals surface area contributed by atoms with Gasteiger partial charge in [-0.3, -0.25) is 4.79 Å². The molecule has 1 saturated heterocycles. The lowest BCUT2D eigenvalue weighted by molar-refractivity contribution is -0.145. The average Bonchev–Trinajstić information content (AvgIpc) is 2.58. The van der Waals surface area contributed by atoms with Gasteiger partial charge in [-0.25, -0.2) is 4.79 Å². The van der Waals surface area contributed by atoms with Crippen LogP contribution in [0.2, 0.25) is 0 Å². The van der Waals surface area contributed by atoms with Crippen molar-refractivity contribution in [2.45, 2.75) is 44.2 Å². The van der Waals surface area contributed by atoms with Gasteiger partial charge in [-0.05, 0) is 44.3 Å². The topological polar surface area (TPSA) is 81.7 Å². The third-order valence-electron chi connectivity index (χ3n) is 5.22. The molecule has 0 radical (unpaired) electrons. The molecule has 0 spiro atoms. The maximum absolute atomic E-state index is 12.4. The van der Waals surface area contributed by atoms with E-state index in [2.05, 4.69) is 15.5 Å². The summed E-state index contributed by atoms with van der Waals surface area (Å²) in [6.45, 7) is 2.96. The van der Waals surface area contributed by atoms with Crippen molar-refractivity contribution in [1.82, 2.24) is 15.5 Å². The van der Waals surface area contributed by atoms with Gasteiger partial charge in [0.1, 0.15) is 0 Å². The molecule has 1 aliphatic heterocycles. The summed E-state index contributed by atoms with van der Waals surface area (Å²) in [6, 6.07) is 9.73. The quantitative estimate of drug-likeness (QED) is 0.739. The van der Waals surface area contributed by atoms with E-state index in [0.29, 0.717) is 12.8 Å². The van der Waals surface area contributed by atoms with Crippen LogP contribution in [0.1, 0.15) is 43.7 Å². The van der Waals surface area contributed by atoms with E-state index in [1.54, 1.807) is 0 Å². The summed E-state index contributed by atoms with van der Waals surface area (Å²) in [5, 5.41) is 14.9. The van der Waals surface area contributed by atoms with Crippen LogP contribution in [-0.4, -0.2) is 47.7 Å². The summed E-state index contributed by atoms with van der Waals surface area (Å²) in [6.07, 6.45) is 4.75. The zero-order valence-corrected chi connectivity index (χ0v) is 14.5. The maximum Gasteiger partial charge on any atom is 0.315 e. The van der Waals surface area contributed by atoms with Crippen LogP contribution in [0.3, 0.4) is 0 Å². The maximum atomic E-state index is 12.4. The monoisotopic (exact) mass is 345 g/mol. The second-order valence-electron chi connectivity index (χ2n) is 7.15. The Hall–Kier alpha value is -2.08. The number of carboxylic acid groups (broad SMARTS) is 1. The average molecular weight is 345 g/mol. The summed E-state index contributed by atoms with van der Waals surface area (Å²) < 4.78 is 0. The number of aliphatic carboxylic acids is 1. The minimum absolute atomic E-state index is 0.0347. The number of benzene rings is 1. The van der Waals surface area contributed by atoms with Gasteiger partial charge in [-0.15, -0.1) is 0 Å². The zero-order chi connectivity index (χ0) is 17.6. The highest BCUT2D eigenvalue weighted by Gasteiger charge is 2.35. The van der Waals surface area contributed by atoms with Gasteiger partial charge in [0.05, 0.1) is 12.0 Å². The number of carbonyl (C=O) groups is 2. The standard InChI is InChI=1S/C19H27N3O3/c23-18(24)15-11-16(12-15)20-19(25)21-17(14-7-3-1-4-8-14)13-22-9-5-2-6-10-22/h1,3-4,7-8,15-17H,2,5-6,9-13H2,(H,23,24)(H2,20,21,25). The normalized spacial score (nSPS) is 24.8. The molecule has 1 aromatic carbocycles. The summed E-state index contributed by atoms with van der Waals surface area (Å²) in [4.78, 5) is 25.6. The molecule has 1 aliphatic carbocycles. The molecule has 2 amide bonds. The lowest BCUT2D eigenvalue weighted by atomic mass is 9.80. The third kappa shape index (κ3) is 4.95.